The molecular formula is C14H21N3O4S. The molecule has 0 radical (unpaired) electrons. The molecule has 7 nitrogen and oxygen atoms in total. The Labute approximate surface area is 130 Å². The van der Waals surface area contributed by atoms with Crippen molar-refractivity contribution in [3.8, 4) is 0 Å². The van der Waals surface area contributed by atoms with E-state index in [4.69, 9.17) is 5.11 Å². The lowest BCUT2D eigenvalue weighted by atomic mass is 10.1. The molecule has 1 aliphatic heterocycles. The van der Waals surface area contributed by atoms with Gasteiger partial charge in [-0.1, -0.05) is 6.92 Å². The first-order valence-corrected chi connectivity index (χ1v) is 9.01. The van der Waals surface area contributed by atoms with Gasteiger partial charge < -0.3 is 14.9 Å². The van der Waals surface area contributed by atoms with Gasteiger partial charge in [0.1, 0.15) is 0 Å². The fraction of sp³-hybridized carbons (Fsp3) is 0.500. The molecule has 122 valence electrons. The van der Waals surface area contributed by atoms with Crippen molar-refractivity contribution in [1.82, 2.24) is 4.90 Å². The summed E-state index contributed by atoms with van der Waals surface area (Å²) in [6.07, 6.45) is 1.05. The van der Waals surface area contributed by atoms with Crippen LogP contribution in [0.5, 0.6) is 0 Å². The van der Waals surface area contributed by atoms with Crippen molar-refractivity contribution in [3.05, 3.63) is 23.8 Å². The predicted octanol–water partition coefficient (Wildman–Crippen LogP) is 0.898. The maximum atomic E-state index is 11.5. The first-order valence-electron chi connectivity index (χ1n) is 7.12. The molecule has 1 heterocycles. The molecule has 2 rings (SSSR count). The van der Waals surface area contributed by atoms with Gasteiger partial charge in [-0.3, -0.25) is 4.72 Å². The molecule has 1 aliphatic rings. The lowest BCUT2D eigenvalue weighted by Gasteiger charge is -2.36. The van der Waals surface area contributed by atoms with Crippen LogP contribution in [0.2, 0.25) is 0 Å². The van der Waals surface area contributed by atoms with Gasteiger partial charge in [0.05, 0.1) is 23.2 Å². The van der Waals surface area contributed by atoms with Crippen molar-refractivity contribution in [2.24, 2.45) is 0 Å². The molecule has 22 heavy (non-hydrogen) atoms. The molecule has 1 aromatic carbocycles. The largest absolute Gasteiger partial charge is 0.478 e. The lowest BCUT2D eigenvalue weighted by molar-refractivity contribution is 0.0697. The second-order valence-electron chi connectivity index (χ2n) is 5.33. The number of benzene rings is 1. The van der Waals surface area contributed by atoms with E-state index in [9.17, 15) is 13.2 Å². The maximum absolute atomic E-state index is 11.5. The Bertz CT molecular complexity index is 652. The standard InChI is InChI=1S/C14H21N3O4S/c1-3-16-6-8-17(9-7-16)13-5-4-11(14(18)19)10-12(13)15-22(2,20)21/h4-5,10,15H,3,6-9H2,1-2H3,(H,18,19). The zero-order valence-corrected chi connectivity index (χ0v) is 13.6. The average molecular weight is 327 g/mol. The van der Waals surface area contributed by atoms with Gasteiger partial charge in [0.2, 0.25) is 10.0 Å². The number of nitrogens with one attached hydrogen (secondary N) is 1. The number of rotatable bonds is 5. The number of anilines is 2. The topological polar surface area (TPSA) is 89.9 Å². The van der Waals surface area contributed by atoms with E-state index in [0.717, 1.165) is 39.0 Å². The molecule has 0 aliphatic carbocycles. The highest BCUT2D eigenvalue weighted by atomic mass is 32.2. The summed E-state index contributed by atoms with van der Waals surface area (Å²) >= 11 is 0. The second kappa shape index (κ2) is 6.53. The van der Waals surface area contributed by atoms with Crippen molar-refractivity contribution >= 4 is 27.4 Å². The fourth-order valence-corrected chi connectivity index (χ4v) is 3.09. The Hall–Kier alpha value is -1.80. The minimum absolute atomic E-state index is 0.0575. The number of nitrogens with zero attached hydrogens (tertiary/aromatic N) is 2. The highest BCUT2D eigenvalue weighted by Gasteiger charge is 2.20. The molecule has 1 fully saturated rings. The zero-order chi connectivity index (χ0) is 16.3. The smallest absolute Gasteiger partial charge is 0.335 e. The van der Waals surface area contributed by atoms with Gasteiger partial charge in [-0.05, 0) is 24.7 Å². The number of hydrogen-bond acceptors (Lipinski definition) is 5. The van der Waals surface area contributed by atoms with Crippen LogP contribution in [-0.2, 0) is 10.0 Å². The van der Waals surface area contributed by atoms with Crippen LogP contribution in [0, 0.1) is 0 Å². The van der Waals surface area contributed by atoms with Gasteiger partial charge in [-0.2, -0.15) is 0 Å². The number of carbonyl (C=O) groups is 1. The number of aromatic carboxylic acids is 1. The van der Waals surface area contributed by atoms with E-state index in [0.29, 0.717) is 11.4 Å². The van der Waals surface area contributed by atoms with Crippen LogP contribution >= 0.6 is 0 Å². The van der Waals surface area contributed by atoms with E-state index < -0.39 is 16.0 Å². The zero-order valence-electron chi connectivity index (χ0n) is 12.7. The van der Waals surface area contributed by atoms with Crippen molar-refractivity contribution in [2.75, 3.05) is 48.6 Å². The van der Waals surface area contributed by atoms with Crippen molar-refractivity contribution in [2.45, 2.75) is 6.92 Å². The molecule has 1 aromatic rings. The molecule has 0 bridgehead atoms. The lowest BCUT2D eigenvalue weighted by Crippen LogP contribution is -2.46. The Balaban J connectivity index is 2.31. The predicted molar refractivity (Wildman–Crippen MR) is 86.2 cm³/mol. The van der Waals surface area contributed by atoms with Crippen LogP contribution in [0.1, 0.15) is 17.3 Å². The Morgan fingerprint density at radius 2 is 1.91 bits per heavy atom. The summed E-state index contributed by atoms with van der Waals surface area (Å²) in [5.41, 5.74) is 1.08. The summed E-state index contributed by atoms with van der Waals surface area (Å²) in [5, 5.41) is 9.08. The molecule has 0 atom stereocenters. The minimum atomic E-state index is -3.48. The fourth-order valence-electron chi connectivity index (χ4n) is 2.53. The summed E-state index contributed by atoms with van der Waals surface area (Å²) in [5.74, 6) is -1.08. The molecule has 8 heteroatoms. The highest BCUT2D eigenvalue weighted by Crippen LogP contribution is 2.29. The van der Waals surface area contributed by atoms with E-state index in [1.165, 1.54) is 12.1 Å². The third-order valence-corrected chi connectivity index (χ3v) is 4.29. The van der Waals surface area contributed by atoms with E-state index in [1.807, 2.05) is 0 Å². The van der Waals surface area contributed by atoms with E-state index in [1.54, 1.807) is 6.07 Å². The second-order valence-corrected chi connectivity index (χ2v) is 7.08. The molecule has 0 aromatic heterocycles. The number of carboxylic acid groups (broad SMARTS) is 1. The highest BCUT2D eigenvalue weighted by molar-refractivity contribution is 7.92. The first-order chi connectivity index (χ1) is 10.3. The van der Waals surface area contributed by atoms with Crippen LogP contribution < -0.4 is 9.62 Å². The summed E-state index contributed by atoms with van der Waals surface area (Å²) in [6.45, 7) is 6.44. The van der Waals surface area contributed by atoms with Gasteiger partial charge in [-0.25, -0.2) is 13.2 Å². The molecule has 0 unspecified atom stereocenters. The van der Waals surface area contributed by atoms with Gasteiger partial charge in [-0.15, -0.1) is 0 Å². The maximum Gasteiger partial charge on any atom is 0.335 e. The summed E-state index contributed by atoms with van der Waals surface area (Å²) in [4.78, 5) is 15.5. The summed E-state index contributed by atoms with van der Waals surface area (Å²) in [6, 6.07) is 4.53. The van der Waals surface area contributed by atoms with Crippen LogP contribution in [0.15, 0.2) is 18.2 Å². The third-order valence-electron chi connectivity index (χ3n) is 3.70. The van der Waals surface area contributed by atoms with Crippen molar-refractivity contribution < 1.29 is 18.3 Å². The van der Waals surface area contributed by atoms with Crippen LogP contribution in [0.25, 0.3) is 0 Å². The number of carboxylic acids is 1. The van der Waals surface area contributed by atoms with Crippen molar-refractivity contribution in [3.63, 3.8) is 0 Å². The van der Waals surface area contributed by atoms with Gasteiger partial charge in [0.15, 0.2) is 0 Å². The number of hydrogen-bond donors (Lipinski definition) is 2. The van der Waals surface area contributed by atoms with E-state index in [-0.39, 0.29) is 5.56 Å². The summed E-state index contributed by atoms with van der Waals surface area (Å²) < 4.78 is 25.5. The Morgan fingerprint density at radius 3 is 2.41 bits per heavy atom. The molecule has 0 spiro atoms. The van der Waals surface area contributed by atoms with Crippen LogP contribution in [0.3, 0.4) is 0 Å². The summed E-state index contributed by atoms with van der Waals surface area (Å²) in [7, 11) is -3.48. The quantitative estimate of drug-likeness (QED) is 0.835. The SMILES string of the molecule is CCN1CCN(c2ccc(C(=O)O)cc2NS(C)(=O)=O)CC1. The number of piperazine rings is 1. The van der Waals surface area contributed by atoms with Crippen LogP contribution in [0.4, 0.5) is 11.4 Å². The normalized spacial score (nSPS) is 16.5. The van der Waals surface area contributed by atoms with Crippen LogP contribution in [-0.4, -0.2) is 63.4 Å². The minimum Gasteiger partial charge on any atom is -0.478 e. The molecule has 0 saturated carbocycles. The molecule has 1 saturated heterocycles. The first kappa shape index (κ1) is 16.6. The van der Waals surface area contributed by atoms with Gasteiger partial charge in [0.25, 0.3) is 0 Å². The average Bonchev–Trinajstić information content (AvgIpc) is 2.45. The van der Waals surface area contributed by atoms with Gasteiger partial charge in [0, 0.05) is 26.2 Å². The Kier molecular flexibility index (Phi) is 4.92. The van der Waals surface area contributed by atoms with Gasteiger partial charge >= 0.3 is 5.97 Å². The third kappa shape index (κ3) is 4.11. The molecular weight excluding hydrogens is 306 g/mol. The monoisotopic (exact) mass is 327 g/mol. The molecule has 0 amide bonds. The van der Waals surface area contributed by atoms with E-state index in [2.05, 4.69) is 21.4 Å². The van der Waals surface area contributed by atoms with Crippen molar-refractivity contribution in [1.29, 1.82) is 0 Å². The number of likely N-dealkylation sites (N-methyl/N-ethyl adjacent to an activating group) is 1. The number of sulfonamides is 1. The molecule has 2 N–H and O–H groups in total. The Morgan fingerprint density at radius 1 is 1.27 bits per heavy atom. The van der Waals surface area contributed by atoms with E-state index >= 15 is 0 Å².